The van der Waals surface area contributed by atoms with Crippen LogP contribution >= 0.6 is 0 Å². The summed E-state index contributed by atoms with van der Waals surface area (Å²) in [5.41, 5.74) is 0. The van der Waals surface area contributed by atoms with Crippen molar-refractivity contribution in [3.8, 4) is 0 Å². The van der Waals surface area contributed by atoms with Crippen LogP contribution in [0.4, 0.5) is 0 Å². The van der Waals surface area contributed by atoms with E-state index in [0.717, 1.165) is 75.5 Å². The van der Waals surface area contributed by atoms with Gasteiger partial charge in [0.1, 0.15) is 13.2 Å². The van der Waals surface area contributed by atoms with E-state index in [9.17, 15) is 14.4 Å². The largest absolute Gasteiger partial charge is 0.462 e. The lowest BCUT2D eigenvalue weighted by Crippen LogP contribution is -2.30. The lowest BCUT2D eigenvalue weighted by Gasteiger charge is -2.18. The smallest absolute Gasteiger partial charge is 0.306 e. The van der Waals surface area contributed by atoms with Gasteiger partial charge in [0.25, 0.3) is 0 Å². The monoisotopic (exact) mass is 849 g/mol. The Kier molecular flexibility index (Phi) is 44.2. The zero-order valence-corrected chi connectivity index (χ0v) is 41.3. The first kappa shape index (κ1) is 58.4. The second-order valence-corrected chi connectivity index (χ2v) is 19.5. The minimum absolute atomic E-state index is 0.0649. The van der Waals surface area contributed by atoms with Gasteiger partial charge in [-0.15, -0.1) is 0 Å². The molecule has 0 aromatic rings. The molecule has 0 spiro atoms. The van der Waals surface area contributed by atoms with E-state index in [4.69, 9.17) is 14.2 Å². The second kappa shape index (κ2) is 45.4. The first-order valence-corrected chi connectivity index (χ1v) is 26.7. The standard InChI is InChI=1S/C54H104O6/c1-7-49(5)41-35-29-23-17-13-11-9-10-12-14-18-25-31-37-43-52(55)58-46-51(60-54(57)45-39-33-27-19-15-16-22-28-34-40-48(3)4)47-59-53(56)44-38-32-26-21-20-24-30-36-42-50(6)8-2/h48-51H,7-47H2,1-6H3/t49?,50?,51-/m0/s1. The molecule has 0 heterocycles. The number of hydrogen-bond acceptors (Lipinski definition) is 6. The Labute approximate surface area is 374 Å². The van der Waals surface area contributed by atoms with Crippen LogP contribution in [0, 0.1) is 17.8 Å². The van der Waals surface area contributed by atoms with Crippen LogP contribution in [0.1, 0.15) is 292 Å². The molecule has 3 atom stereocenters. The predicted molar refractivity (Wildman–Crippen MR) is 256 cm³/mol. The van der Waals surface area contributed by atoms with Crippen molar-refractivity contribution in [1.29, 1.82) is 0 Å². The van der Waals surface area contributed by atoms with Gasteiger partial charge in [-0.1, -0.05) is 253 Å². The van der Waals surface area contributed by atoms with Gasteiger partial charge in [0, 0.05) is 19.3 Å². The molecule has 0 amide bonds. The highest BCUT2D eigenvalue weighted by atomic mass is 16.6. The minimum atomic E-state index is -0.763. The van der Waals surface area contributed by atoms with E-state index in [-0.39, 0.29) is 31.1 Å². The van der Waals surface area contributed by atoms with Gasteiger partial charge in [-0.25, -0.2) is 0 Å². The van der Waals surface area contributed by atoms with Gasteiger partial charge in [0.15, 0.2) is 6.10 Å². The summed E-state index contributed by atoms with van der Waals surface area (Å²) in [6.45, 7) is 13.8. The van der Waals surface area contributed by atoms with E-state index in [1.54, 1.807) is 0 Å². The maximum atomic E-state index is 12.8. The van der Waals surface area contributed by atoms with Gasteiger partial charge >= 0.3 is 17.9 Å². The highest BCUT2D eigenvalue weighted by molar-refractivity contribution is 5.71. The molecule has 0 saturated heterocycles. The third-order valence-corrected chi connectivity index (χ3v) is 12.9. The number of carbonyl (C=O) groups excluding carboxylic acids is 3. The number of esters is 3. The Balaban J connectivity index is 4.29. The van der Waals surface area contributed by atoms with E-state index in [2.05, 4.69) is 41.5 Å². The molecule has 6 nitrogen and oxygen atoms in total. The highest BCUT2D eigenvalue weighted by Crippen LogP contribution is 2.18. The molecule has 2 unspecified atom stereocenters. The van der Waals surface area contributed by atoms with Gasteiger partial charge < -0.3 is 14.2 Å². The number of rotatable bonds is 47. The molecule has 0 saturated carbocycles. The number of hydrogen-bond donors (Lipinski definition) is 0. The summed E-state index contributed by atoms with van der Waals surface area (Å²) in [7, 11) is 0. The van der Waals surface area contributed by atoms with Crippen molar-refractivity contribution in [2.24, 2.45) is 17.8 Å². The van der Waals surface area contributed by atoms with Crippen LogP contribution in [-0.2, 0) is 28.6 Å². The number of carbonyl (C=O) groups is 3. The van der Waals surface area contributed by atoms with E-state index in [1.165, 1.54) is 173 Å². The van der Waals surface area contributed by atoms with E-state index in [1.807, 2.05) is 0 Å². The fourth-order valence-corrected chi connectivity index (χ4v) is 8.05. The van der Waals surface area contributed by atoms with Gasteiger partial charge in [-0.2, -0.15) is 0 Å². The third kappa shape index (κ3) is 44.5. The molecular weight excluding hydrogens is 745 g/mol. The zero-order chi connectivity index (χ0) is 44.2. The van der Waals surface area contributed by atoms with Crippen LogP contribution in [0.3, 0.4) is 0 Å². The normalized spacial score (nSPS) is 13.1. The molecule has 0 rings (SSSR count). The van der Waals surface area contributed by atoms with E-state index >= 15 is 0 Å². The summed E-state index contributed by atoms with van der Waals surface area (Å²) in [4.78, 5) is 38.0. The SMILES string of the molecule is CCC(C)CCCCCCCCCCCCCCCCC(=O)OC[C@@H](COC(=O)CCCCCCCCCCC(C)CC)OC(=O)CCCCCCCCCCCC(C)C. The summed E-state index contributed by atoms with van der Waals surface area (Å²) >= 11 is 0. The summed E-state index contributed by atoms with van der Waals surface area (Å²) in [5.74, 6) is 1.70. The predicted octanol–water partition coefficient (Wildman–Crippen LogP) is 17.2. The van der Waals surface area contributed by atoms with Crippen LogP contribution in [0.25, 0.3) is 0 Å². The lowest BCUT2D eigenvalue weighted by molar-refractivity contribution is -0.167. The third-order valence-electron chi connectivity index (χ3n) is 12.9. The average Bonchev–Trinajstić information content (AvgIpc) is 3.23. The van der Waals surface area contributed by atoms with Crippen LogP contribution < -0.4 is 0 Å². The molecule has 6 heteroatoms. The number of ether oxygens (including phenoxy) is 3. The molecule has 0 aromatic carbocycles. The van der Waals surface area contributed by atoms with Gasteiger partial charge in [-0.05, 0) is 37.0 Å². The topological polar surface area (TPSA) is 78.9 Å². The Bertz CT molecular complexity index is 933. The molecule has 0 aliphatic carbocycles. The minimum Gasteiger partial charge on any atom is -0.462 e. The van der Waals surface area contributed by atoms with E-state index < -0.39 is 6.10 Å². The van der Waals surface area contributed by atoms with Crippen molar-refractivity contribution < 1.29 is 28.6 Å². The maximum absolute atomic E-state index is 12.8. The zero-order valence-electron chi connectivity index (χ0n) is 41.3. The lowest BCUT2D eigenvalue weighted by atomic mass is 9.99. The molecule has 0 aromatic heterocycles. The molecule has 0 radical (unpaired) electrons. The Morgan fingerprint density at radius 1 is 0.333 bits per heavy atom. The summed E-state index contributed by atoms with van der Waals surface area (Å²) in [5, 5.41) is 0. The summed E-state index contributed by atoms with van der Waals surface area (Å²) in [6, 6.07) is 0. The molecule has 356 valence electrons. The van der Waals surface area contributed by atoms with Crippen LogP contribution in [0.15, 0.2) is 0 Å². The Morgan fingerprint density at radius 3 is 0.867 bits per heavy atom. The Morgan fingerprint density at radius 2 is 0.583 bits per heavy atom. The molecule has 0 bridgehead atoms. The van der Waals surface area contributed by atoms with Crippen molar-refractivity contribution in [3.05, 3.63) is 0 Å². The van der Waals surface area contributed by atoms with Crippen molar-refractivity contribution in [2.75, 3.05) is 13.2 Å². The van der Waals surface area contributed by atoms with Crippen LogP contribution in [0.5, 0.6) is 0 Å². The first-order chi connectivity index (χ1) is 29.2. The molecule has 0 N–H and O–H groups in total. The average molecular weight is 849 g/mol. The van der Waals surface area contributed by atoms with Gasteiger partial charge in [0.05, 0.1) is 0 Å². The van der Waals surface area contributed by atoms with Crippen molar-refractivity contribution in [1.82, 2.24) is 0 Å². The van der Waals surface area contributed by atoms with Crippen LogP contribution in [0.2, 0.25) is 0 Å². The highest BCUT2D eigenvalue weighted by Gasteiger charge is 2.19. The maximum Gasteiger partial charge on any atom is 0.306 e. The summed E-state index contributed by atoms with van der Waals surface area (Å²) in [6.07, 6.45) is 45.1. The molecule has 0 fully saturated rings. The van der Waals surface area contributed by atoms with Gasteiger partial charge in [0.2, 0.25) is 0 Å². The van der Waals surface area contributed by atoms with E-state index in [0.29, 0.717) is 19.3 Å². The fraction of sp³-hybridized carbons (Fsp3) is 0.944. The van der Waals surface area contributed by atoms with Gasteiger partial charge in [-0.3, -0.25) is 14.4 Å². The van der Waals surface area contributed by atoms with Crippen molar-refractivity contribution >= 4 is 17.9 Å². The molecular formula is C54H104O6. The molecule has 0 aliphatic rings. The fourth-order valence-electron chi connectivity index (χ4n) is 8.05. The first-order valence-electron chi connectivity index (χ1n) is 26.7. The molecule has 60 heavy (non-hydrogen) atoms. The second-order valence-electron chi connectivity index (χ2n) is 19.5. The van der Waals surface area contributed by atoms with Crippen LogP contribution in [-0.4, -0.2) is 37.2 Å². The Hall–Kier alpha value is -1.59. The van der Waals surface area contributed by atoms with Crippen molar-refractivity contribution in [3.63, 3.8) is 0 Å². The number of unbranched alkanes of at least 4 members (excludes halogenated alkanes) is 28. The quantitative estimate of drug-likeness (QED) is 0.0345. The summed E-state index contributed by atoms with van der Waals surface area (Å²) < 4.78 is 16.8. The van der Waals surface area contributed by atoms with Crippen molar-refractivity contribution in [2.45, 2.75) is 298 Å². The molecule has 0 aliphatic heterocycles.